The summed E-state index contributed by atoms with van der Waals surface area (Å²) < 4.78 is 0. The Hall–Kier alpha value is -0.830. The lowest BCUT2D eigenvalue weighted by molar-refractivity contribution is -0.127. The molecule has 1 fully saturated rings. The molecule has 0 bridgehead atoms. The molecule has 2 heterocycles. The van der Waals surface area contributed by atoms with Crippen LogP contribution in [0.1, 0.15) is 31.6 Å². The maximum Gasteiger partial charge on any atom is 0.243 e. The van der Waals surface area contributed by atoms with Gasteiger partial charge >= 0.3 is 0 Å². The second kappa shape index (κ2) is 11.8. The van der Waals surface area contributed by atoms with Crippen molar-refractivity contribution in [2.45, 2.75) is 33.1 Å². The highest BCUT2D eigenvalue weighted by atomic mass is 127. The molecule has 0 aromatic carbocycles. The van der Waals surface area contributed by atoms with Crippen molar-refractivity contribution in [1.29, 1.82) is 0 Å². The summed E-state index contributed by atoms with van der Waals surface area (Å²) in [6.07, 6.45) is 3.46. The van der Waals surface area contributed by atoms with Gasteiger partial charge in [0.05, 0.1) is 0 Å². The van der Waals surface area contributed by atoms with Crippen molar-refractivity contribution in [2.24, 2.45) is 16.8 Å². The van der Waals surface area contributed by atoms with Gasteiger partial charge in [0.2, 0.25) is 5.91 Å². The van der Waals surface area contributed by atoms with Crippen molar-refractivity contribution in [2.75, 3.05) is 40.3 Å². The van der Waals surface area contributed by atoms with Gasteiger partial charge in [-0.2, -0.15) is 0 Å². The Labute approximate surface area is 179 Å². The van der Waals surface area contributed by atoms with E-state index in [-0.39, 0.29) is 36.4 Å². The number of carbonyl (C=O) groups is 1. The molecule has 0 saturated carbocycles. The lowest BCUT2D eigenvalue weighted by Crippen LogP contribution is -2.41. The lowest BCUT2D eigenvalue weighted by atomic mass is 9.97. The third kappa shape index (κ3) is 7.82. The standard InChI is InChI=1S/C19H32N4OS.HI/c1-15(2)12-16-8-10-23(14-16)19(21-13-18(24)22(3)4)20-9-7-17-6-5-11-25-17;/h5-6,11,15-16H,7-10,12-14H2,1-4H3,(H,20,21);1H. The van der Waals surface area contributed by atoms with Gasteiger partial charge in [-0.3, -0.25) is 4.79 Å². The monoisotopic (exact) mass is 492 g/mol. The van der Waals surface area contributed by atoms with E-state index in [1.807, 2.05) is 0 Å². The fourth-order valence-electron chi connectivity index (χ4n) is 3.19. The molecule has 1 saturated heterocycles. The molecule has 0 spiro atoms. The summed E-state index contributed by atoms with van der Waals surface area (Å²) in [4.78, 5) is 21.8. The van der Waals surface area contributed by atoms with Gasteiger partial charge in [-0.25, -0.2) is 4.99 Å². The molecule has 1 N–H and O–H groups in total. The van der Waals surface area contributed by atoms with E-state index in [2.05, 4.69) is 46.6 Å². The van der Waals surface area contributed by atoms with Gasteiger partial charge in [0.15, 0.2) is 5.96 Å². The van der Waals surface area contributed by atoms with Gasteiger partial charge in [-0.1, -0.05) is 19.9 Å². The molecule has 1 unspecified atom stereocenters. The van der Waals surface area contributed by atoms with Crippen LogP contribution in [0, 0.1) is 11.8 Å². The van der Waals surface area contributed by atoms with Crippen LogP contribution in [0.3, 0.4) is 0 Å². The fraction of sp³-hybridized carbons (Fsp3) is 0.684. The summed E-state index contributed by atoms with van der Waals surface area (Å²) in [5.41, 5.74) is 0. The highest BCUT2D eigenvalue weighted by Gasteiger charge is 2.25. The van der Waals surface area contributed by atoms with Gasteiger partial charge in [-0.15, -0.1) is 35.3 Å². The fourth-order valence-corrected chi connectivity index (χ4v) is 3.90. The normalized spacial score (nSPS) is 17.3. The van der Waals surface area contributed by atoms with E-state index >= 15 is 0 Å². The second-order valence-corrected chi connectivity index (χ2v) is 8.45. The smallest absolute Gasteiger partial charge is 0.243 e. The van der Waals surface area contributed by atoms with Crippen molar-refractivity contribution in [3.05, 3.63) is 22.4 Å². The van der Waals surface area contributed by atoms with Crippen molar-refractivity contribution in [3.8, 4) is 0 Å². The van der Waals surface area contributed by atoms with Gasteiger partial charge < -0.3 is 15.1 Å². The van der Waals surface area contributed by atoms with Crippen molar-refractivity contribution in [1.82, 2.24) is 15.1 Å². The zero-order valence-corrected chi connectivity index (χ0v) is 19.5. The van der Waals surface area contributed by atoms with Crippen LogP contribution in [-0.4, -0.2) is 61.9 Å². The third-order valence-corrected chi connectivity index (χ3v) is 5.42. The highest BCUT2D eigenvalue weighted by Crippen LogP contribution is 2.23. The van der Waals surface area contributed by atoms with Crippen LogP contribution in [0.4, 0.5) is 0 Å². The number of thiophene rings is 1. The Balaban J connectivity index is 0.00000338. The Kier molecular flexibility index (Phi) is 10.5. The van der Waals surface area contributed by atoms with E-state index in [1.54, 1.807) is 30.3 Å². The molecule has 1 aliphatic rings. The first-order valence-corrected chi connectivity index (χ1v) is 10.1. The first-order valence-electron chi connectivity index (χ1n) is 9.21. The first-order chi connectivity index (χ1) is 12.0. The van der Waals surface area contributed by atoms with Crippen LogP contribution in [0.15, 0.2) is 22.5 Å². The largest absolute Gasteiger partial charge is 0.356 e. The van der Waals surface area contributed by atoms with Gasteiger partial charge in [0, 0.05) is 38.6 Å². The minimum atomic E-state index is 0. The number of halogens is 1. The molecular formula is C19H33IN4OS. The molecule has 1 aromatic heterocycles. The summed E-state index contributed by atoms with van der Waals surface area (Å²) in [5.74, 6) is 2.38. The quantitative estimate of drug-likeness (QED) is 0.361. The maximum absolute atomic E-state index is 11.9. The van der Waals surface area contributed by atoms with E-state index < -0.39 is 0 Å². The van der Waals surface area contributed by atoms with E-state index in [0.29, 0.717) is 0 Å². The number of carbonyl (C=O) groups excluding carboxylic acids is 1. The number of rotatable bonds is 7. The molecule has 148 valence electrons. The summed E-state index contributed by atoms with van der Waals surface area (Å²) >= 11 is 1.78. The maximum atomic E-state index is 11.9. The molecule has 5 nitrogen and oxygen atoms in total. The number of hydrogen-bond acceptors (Lipinski definition) is 3. The molecule has 0 radical (unpaired) electrons. The van der Waals surface area contributed by atoms with Crippen molar-refractivity contribution in [3.63, 3.8) is 0 Å². The van der Waals surface area contributed by atoms with Crippen molar-refractivity contribution >= 4 is 47.2 Å². The third-order valence-electron chi connectivity index (χ3n) is 4.49. The number of hydrogen-bond donors (Lipinski definition) is 1. The lowest BCUT2D eigenvalue weighted by Gasteiger charge is -2.23. The molecule has 7 heteroatoms. The van der Waals surface area contributed by atoms with Crippen LogP contribution < -0.4 is 5.32 Å². The van der Waals surface area contributed by atoms with Crippen LogP contribution in [0.2, 0.25) is 0 Å². The van der Waals surface area contributed by atoms with Crippen LogP contribution >= 0.6 is 35.3 Å². The Morgan fingerprint density at radius 2 is 2.23 bits per heavy atom. The summed E-state index contributed by atoms with van der Waals surface area (Å²) in [7, 11) is 3.55. The van der Waals surface area contributed by atoms with E-state index in [4.69, 9.17) is 0 Å². The number of amides is 1. The molecule has 26 heavy (non-hydrogen) atoms. The SMILES string of the molecule is CC(C)CC1CCN(C(=NCC(=O)N(C)C)NCCc2cccs2)C1.I. The molecule has 2 rings (SSSR count). The number of nitrogens with zero attached hydrogens (tertiary/aromatic N) is 3. The number of guanidine groups is 1. The summed E-state index contributed by atoms with van der Waals surface area (Å²) in [6, 6.07) is 4.25. The average Bonchev–Trinajstić information content (AvgIpc) is 3.21. The molecule has 0 aliphatic carbocycles. The second-order valence-electron chi connectivity index (χ2n) is 7.41. The Bertz CT molecular complexity index is 560. The number of aliphatic imine (C=N–C) groups is 1. The van der Waals surface area contributed by atoms with E-state index in [1.165, 1.54) is 17.7 Å². The minimum Gasteiger partial charge on any atom is -0.356 e. The first kappa shape index (κ1) is 23.2. The van der Waals surface area contributed by atoms with Crippen molar-refractivity contribution < 1.29 is 4.79 Å². The molecule has 1 aromatic rings. The van der Waals surface area contributed by atoms with Crippen LogP contribution in [0.25, 0.3) is 0 Å². The predicted octanol–water partition coefficient (Wildman–Crippen LogP) is 3.31. The Morgan fingerprint density at radius 3 is 2.85 bits per heavy atom. The molecule has 1 aliphatic heterocycles. The zero-order chi connectivity index (χ0) is 18.2. The topological polar surface area (TPSA) is 47.9 Å². The Morgan fingerprint density at radius 1 is 1.46 bits per heavy atom. The van der Waals surface area contributed by atoms with E-state index in [0.717, 1.165) is 43.9 Å². The minimum absolute atomic E-state index is 0. The molecule has 1 atom stereocenters. The molecule has 1 amide bonds. The number of likely N-dealkylation sites (N-methyl/N-ethyl adjacent to an activating group) is 1. The number of nitrogens with one attached hydrogen (secondary N) is 1. The van der Waals surface area contributed by atoms with Gasteiger partial charge in [-0.05, 0) is 42.5 Å². The zero-order valence-electron chi connectivity index (χ0n) is 16.4. The summed E-state index contributed by atoms with van der Waals surface area (Å²) in [5, 5.41) is 5.59. The van der Waals surface area contributed by atoms with E-state index in [9.17, 15) is 4.79 Å². The molecular weight excluding hydrogens is 459 g/mol. The predicted molar refractivity (Wildman–Crippen MR) is 122 cm³/mol. The summed E-state index contributed by atoms with van der Waals surface area (Å²) in [6.45, 7) is 7.69. The highest BCUT2D eigenvalue weighted by molar-refractivity contribution is 14.0. The van der Waals surface area contributed by atoms with Crippen LogP contribution in [-0.2, 0) is 11.2 Å². The van der Waals surface area contributed by atoms with Crippen LogP contribution in [0.5, 0.6) is 0 Å². The van der Waals surface area contributed by atoms with Gasteiger partial charge in [0.1, 0.15) is 6.54 Å². The van der Waals surface area contributed by atoms with Gasteiger partial charge in [0.25, 0.3) is 0 Å². The average molecular weight is 492 g/mol. The number of likely N-dealkylation sites (tertiary alicyclic amines) is 1.